The molecule has 3 aliphatic carbocycles. The van der Waals surface area contributed by atoms with Gasteiger partial charge in [0.2, 0.25) is 11.8 Å². The molecule has 6 rings (SSSR count). The Kier molecular flexibility index (Phi) is 2.81. The second kappa shape index (κ2) is 4.63. The van der Waals surface area contributed by atoms with E-state index in [0.29, 0.717) is 0 Å². The highest BCUT2D eigenvalue weighted by molar-refractivity contribution is 6.08. The smallest absolute Gasteiger partial charge is 0.237 e. The number of rotatable bonds is 0. The first-order chi connectivity index (χ1) is 12.3. The fraction of sp³-hybridized carbons (Fsp3) is 0.364. The summed E-state index contributed by atoms with van der Waals surface area (Å²) >= 11 is 0. The van der Waals surface area contributed by atoms with Crippen LogP contribution >= 0.6 is 0 Å². The largest absolute Gasteiger partial charge is 0.379 e. The van der Waals surface area contributed by atoms with Gasteiger partial charge in [-0.05, 0) is 43.0 Å². The number of aliphatic hydroxyl groups is 1. The zero-order valence-corrected chi connectivity index (χ0v) is 15.1. The molecule has 2 aromatic carbocycles. The molecule has 1 saturated heterocycles. The number of amides is 2. The van der Waals surface area contributed by atoms with Crippen molar-refractivity contribution in [3.63, 3.8) is 0 Å². The number of imide groups is 1. The fourth-order valence-electron chi connectivity index (χ4n) is 5.39. The monoisotopic (exact) mass is 347 g/mol. The maximum absolute atomic E-state index is 13.4. The number of hydrogen-bond acceptors (Lipinski definition) is 3. The number of carbonyl (C=O) groups is 2. The van der Waals surface area contributed by atoms with E-state index >= 15 is 0 Å². The Morgan fingerprint density at radius 1 is 0.885 bits per heavy atom. The van der Waals surface area contributed by atoms with Crippen LogP contribution in [0, 0.1) is 11.8 Å². The van der Waals surface area contributed by atoms with Gasteiger partial charge in [-0.2, -0.15) is 0 Å². The number of nitrogens with zero attached hydrogens (tertiary/aromatic N) is 1. The van der Waals surface area contributed by atoms with Gasteiger partial charge in [-0.15, -0.1) is 0 Å². The van der Waals surface area contributed by atoms with Crippen LogP contribution in [-0.4, -0.2) is 27.4 Å². The van der Waals surface area contributed by atoms with Crippen molar-refractivity contribution in [3.05, 3.63) is 70.8 Å². The molecule has 0 radical (unpaired) electrons. The van der Waals surface area contributed by atoms with Crippen LogP contribution in [0.4, 0.5) is 0 Å². The molecule has 4 heteroatoms. The van der Waals surface area contributed by atoms with Crippen LogP contribution < -0.4 is 0 Å². The minimum Gasteiger partial charge on any atom is -0.379 e. The normalized spacial score (nSPS) is 31.7. The second-order valence-electron chi connectivity index (χ2n) is 8.60. The minimum atomic E-state index is -1.46. The van der Waals surface area contributed by atoms with E-state index in [4.69, 9.17) is 0 Å². The predicted octanol–water partition coefficient (Wildman–Crippen LogP) is 2.78. The number of hydrogen-bond donors (Lipinski definition) is 1. The predicted molar refractivity (Wildman–Crippen MR) is 96.3 cm³/mol. The third-order valence-corrected chi connectivity index (χ3v) is 6.24. The third kappa shape index (κ3) is 1.59. The van der Waals surface area contributed by atoms with Crippen LogP contribution in [0.3, 0.4) is 0 Å². The van der Waals surface area contributed by atoms with E-state index in [1.54, 1.807) is 0 Å². The molecule has 2 aromatic rings. The molecule has 1 fully saturated rings. The number of benzene rings is 2. The average molecular weight is 347 g/mol. The molecule has 2 bridgehead atoms. The number of likely N-dealkylation sites (tertiary alicyclic amines) is 1. The van der Waals surface area contributed by atoms with Gasteiger partial charge in [0.15, 0.2) is 0 Å². The van der Waals surface area contributed by atoms with Crippen molar-refractivity contribution in [2.24, 2.45) is 11.8 Å². The lowest BCUT2D eigenvalue weighted by Crippen LogP contribution is -2.53. The molecule has 4 nitrogen and oxygen atoms in total. The molecular formula is C22H21NO3. The molecule has 2 atom stereocenters. The molecule has 1 N–H and O–H groups in total. The summed E-state index contributed by atoms with van der Waals surface area (Å²) in [6.45, 7) is 5.60. The molecular weight excluding hydrogens is 326 g/mol. The van der Waals surface area contributed by atoms with E-state index in [9.17, 15) is 14.7 Å². The van der Waals surface area contributed by atoms with Crippen LogP contribution in [0.1, 0.15) is 48.9 Å². The van der Waals surface area contributed by atoms with Gasteiger partial charge in [-0.1, -0.05) is 48.5 Å². The Hall–Kier alpha value is -2.46. The highest BCUT2D eigenvalue weighted by Gasteiger charge is 2.68. The summed E-state index contributed by atoms with van der Waals surface area (Å²) in [7, 11) is 0. The van der Waals surface area contributed by atoms with Crippen molar-refractivity contribution in [3.8, 4) is 0 Å². The van der Waals surface area contributed by atoms with Crippen LogP contribution in [0.15, 0.2) is 48.5 Å². The van der Waals surface area contributed by atoms with Gasteiger partial charge in [-0.3, -0.25) is 14.5 Å². The van der Waals surface area contributed by atoms with Crippen LogP contribution in [0.2, 0.25) is 0 Å². The SMILES string of the molecule is CC(C)(C)N1C(=O)C2C3c4ccccc4C(O)(c4ccccc43)C2C1=O. The van der Waals surface area contributed by atoms with E-state index in [1.807, 2.05) is 69.3 Å². The summed E-state index contributed by atoms with van der Waals surface area (Å²) in [5.41, 5.74) is 1.39. The van der Waals surface area contributed by atoms with Crippen molar-refractivity contribution >= 4 is 11.8 Å². The first-order valence-corrected chi connectivity index (χ1v) is 9.07. The molecule has 2 unspecified atom stereocenters. The van der Waals surface area contributed by atoms with Gasteiger partial charge in [0.05, 0.1) is 11.8 Å². The standard InChI is InChI=1S/C22H21NO3/c1-21(2,3)23-19(24)17-16-12-8-4-6-10-14(12)22(26,18(17)20(23)25)15-11-7-5-9-13(15)16/h4-11,16-18,26H,1-3H3. The van der Waals surface area contributed by atoms with Gasteiger partial charge in [-0.25, -0.2) is 0 Å². The molecule has 0 spiro atoms. The lowest BCUT2D eigenvalue weighted by atomic mass is 9.52. The van der Waals surface area contributed by atoms with Crippen LogP contribution in [0.5, 0.6) is 0 Å². The Labute approximate surface area is 152 Å². The highest BCUT2D eigenvalue weighted by atomic mass is 16.3. The van der Waals surface area contributed by atoms with Gasteiger partial charge < -0.3 is 5.11 Å². The quantitative estimate of drug-likeness (QED) is 0.746. The molecule has 1 aliphatic heterocycles. The maximum atomic E-state index is 13.4. The lowest BCUT2D eigenvalue weighted by molar-refractivity contribution is -0.147. The summed E-state index contributed by atoms with van der Waals surface area (Å²) in [5, 5.41) is 12.0. The topological polar surface area (TPSA) is 57.6 Å². The van der Waals surface area contributed by atoms with E-state index in [-0.39, 0.29) is 17.7 Å². The third-order valence-electron chi connectivity index (χ3n) is 6.24. The summed E-state index contributed by atoms with van der Waals surface area (Å²) in [4.78, 5) is 28.1. The Morgan fingerprint density at radius 2 is 1.38 bits per heavy atom. The molecule has 132 valence electrons. The van der Waals surface area contributed by atoms with E-state index < -0.39 is 23.0 Å². The zero-order valence-electron chi connectivity index (χ0n) is 15.1. The van der Waals surface area contributed by atoms with E-state index in [0.717, 1.165) is 22.3 Å². The van der Waals surface area contributed by atoms with E-state index in [1.165, 1.54) is 4.90 Å². The van der Waals surface area contributed by atoms with Crippen molar-refractivity contribution in [2.75, 3.05) is 0 Å². The zero-order chi connectivity index (χ0) is 18.4. The second-order valence-corrected chi connectivity index (χ2v) is 8.60. The van der Waals surface area contributed by atoms with Crippen molar-refractivity contribution in [1.82, 2.24) is 4.90 Å². The molecule has 26 heavy (non-hydrogen) atoms. The van der Waals surface area contributed by atoms with Crippen molar-refractivity contribution in [2.45, 2.75) is 37.8 Å². The highest BCUT2D eigenvalue weighted by Crippen LogP contribution is 2.63. The summed E-state index contributed by atoms with van der Waals surface area (Å²) in [6, 6.07) is 15.4. The lowest BCUT2D eigenvalue weighted by Gasteiger charge is -2.51. The van der Waals surface area contributed by atoms with Crippen molar-refractivity contribution < 1.29 is 14.7 Å². The first-order valence-electron chi connectivity index (χ1n) is 9.07. The molecule has 4 aliphatic rings. The van der Waals surface area contributed by atoms with Crippen molar-refractivity contribution in [1.29, 1.82) is 0 Å². The average Bonchev–Trinajstić information content (AvgIpc) is 2.88. The Bertz CT molecular complexity index is 924. The summed E-state index contributed by atoms with van der Waals surface area (Å²) in [5.74, 6) is -1.92. The van der Waals surface area contributed by atoms with Gasteiger partial charge in [0.1, 0.15) is 5.60 Å². The molecule has 0 aromatic heterocycles. The Morgan fingerprint density at radius 3 is 1.88 bits per heavy atom. The maximum Gasteiger partial charge on any atom is 0.237 e. The summed E-state index contributed by atoms with van der Waals surface area (Å²) < 4.78 is 0. The van der Waals surface area contributed by atoms with Crippen LogP contribution in [0.25, 0.3) is 0 Å². The van der Waals surface area contributed by atoms with Gasteiger partial charge in [0, 0.05) is 11.5 Å². The van der Waals surface area contributed by atoms with Gasteiger partial charge in [0.25, 0.3) is 0 Å². The summed E-state index contributed by atoms with van der Waals surface area (Å²) in [6.07, 6.45) is 0. The van der Waals surface area contributed by atoms with Crippen LogP contribution in [-0.2, 0) is 15.2 Å². The fourth-order valence-corrected chi connectivity index (χ4v) is 5.39. The molecule has 1 heterocycles. The first kappa shape index (κ1) is 15.8. The minimum absolute atomic E-state index is 0.167. The molecule has 0 saturated carbocycles. The van der Waals surface area contributed by atoms with Gasteiger partial charge >= 0.3 is 0 Å². The molecule has 2 amide bonds. The number of carbonyl (C=O) groups excluding carboxylic acids is 2. The Balaban J connectivity index is 1.85. The van der Waals surface area contributed by atoms with E-state index in [2.05, 4.69) is 0 Å².